The van der Waals surface area contributed by atoms with Crippen LogP contribution in [0, 0.1) is 18.3 Å². The van der Waals surface area contributed by atoms with Crippen molar-refractivity contribution in [3.05, 3.63) is 35.9 Å². The zero-order valence-corrected chi connectivity index (χ0v) is 14.1. The summed E-state index contributed by atoms with van der Waals surface area (Å²) in [5, 5.41) is 30.4. The Kier molecular flexibility index (Phi) is 6.11. The number of aromatic nitrogens is 2. The van der Waals surface area contributed by atoms with Gasteiger partial charge >= 0.3 is 0 Å². The van der Waals surface area contributed by atoms with E-state index in [0.29, 0.717) is 23.6 Å². The number of anilines is 1. The maximum atomic E-state index is 12.1. The number of fused-ring (bicyclic) bond motifs is 1. The third-order valence-electron chi connectivity index (χ3n) is 3.64. The number of amides is 1. The zero-order chi connectivity index (χ0) is 18.4. The second-order valence-electron chi connectivity index (χ2n) is 5.30. The first-order chi connectivity index (χ1) is 12.0. The van der Waals surface area contributed by atoms with Crippen LogP contribution in [0.2, 0.25) is 0 Å². The Balaban J connectivity index is 2.31. The van der Waals surface area contributed by atoms with Crippen LogP contribution < -0.4 is 5.32 Å². The number of nitrogens with one attached hydrogen (secondary N) is 1. The maximum absolute atomic E-state index is 12.1. The van der Waals surface area contributed by atoms with E-state index in [1.54, 1.807) is 42.7 Å². The molecule has 3 N–H and O–H groups in total. The summed E-state index contributed by atoms with van der Waals surface area (Å²) in [6, 6.07) is 6.37. The predicted octanol–water partition coefficient (Wildman–Crippen LogP) is 1.25. The van der Waals surface area contributed by atoms with Crippen molar-refractivity contribution in [3.8, 4) is 6.07 Å². The number of rotatable bonds is 7. The van der Waals surface area contributed by atoms with Gasteiger partial charge in [-0.1, -0.05) is 0 Å². The molecule has 0 atom stereocenters. The SMILES string of the molecule is CCOC=C(C#N)C(=O)Nc1ccc2c(c1)nc(C)n2C(CO)CO. The van der Waals surface area contributed by atoms with Crippen LogP contribution in [-0.4, -0.2) is 45.5 Å². The lowest BCUT2D eigenvalue weighted by atomic mass is 10.2. The van der Waals surface area contributed by atoms with Crippen molar-refractivity contribution in [2.24, 2.45) is 0 Å². The number of carbonyl (C=O) groups excluding carboxylic acids is 1. The minimum absolute atomic E-state index is 0.135. The first-order valence-corrected chi connectivity index (χ1v) is 7.79. The van der Waals surface area contributed by atoms with Gasteiger partial charge in [-0.25, -0.2) is 4.98 Å². The van der Waals surface area contributed by atoms with E-state index in [9.17, 15) is 15.0 Å². The van der Waals surface area contributed by atoms with Crippen LogP contribution in [-0.2, 0) is 9.53 Å². The Morgan fingerprint density at radius 2 is 2.20 bits per heavy atom. The number of aliphatic hydroxyl groups is 2. The Morgan fingerprint density at radius 1 is 1.48 bits per heavy atom. The quantitative estimate of drug-likeness (QED) is 0.395. The summed E-state index contributed by atoms with van der Waals surface area (Å²) in [5.41, 5.74) is 1.68. The Bertz CT molecular complexity index is 831. The molecular formula is C17H20N4O4. The van der Waals surface area contributed by atoms with E-state index in [1.807, 2.05) is 0 Å². The molecule has 132 valence electrons. The second-order valence-corrected chi connectivity index (χ2v) is 5.30. The highest BCUT2D eigenvalue weighted by Crippen LogP contribution is 2.24. The van der Waals surface area contributed by atoms with E-state index < -0.39 is 11.9 Å². The Hall–Kier alpha value is -2.89. The third-order valence-corrected chi connectivity index (χ3v) is 3.64. The van der Waals surface area contributed by atoms with Crippen LogP contribution in [0.4, 0.5) is 5.69 Å². The predicted molar refractivity (Wildman–Crippen MR) is 91.6 cm³/mol. The van der Waals surface area contributed by atoms with Crippen LogP contribution in [0.15, 0.2) is 30.0 Å². The van der Waals surface area contributed by atoms with Gasteiger partial charge in [0, 0.05) is 5.69 Å². The lowest BCUT2D eigenvalue weighted by molar-refractivity contribution is -0.112. The van der Waals surface area contributed by atoms with Gasteiger partial charge in [0.05, 0.1) is 36.9 Å². The Labute approximate surface area is 145 Å². The van der Waals surface area contributed by atoms with Gasteiger partial charge in [-0.05, 0) is 32.0 Å². The smallest absolute Gasteiger partial charge is 0.269 e. The molecule has 0 bridgehead atoms. The molecule has 8 nitrogen and oxygen atoms in total. The van der Waals surface area contributed by atoms with Gasteiger partial charge in [-0.15, -0.1) is 0 Å². The maximum Gasteiger partial charge on any atom is 0.269 e. The van der Waals surface area contributed by atoms with Gasteiger partial charge in [0.25, 0.3) is 5.91 Å². The number of carbonyl (C=O) groups is 1. The molecule has 1 amide bonds. The zero-order valence-electron chi connectivity index (χ0n) is 14.1. The molecule has 1 aromatic carbocycles. The van der Waals surface area contributed by atoms with Crippen LogP contribution in [0.1, 0.15) is 18.8 Å². The average molecular weight is 344 g/mol. The van der Waals surface area contributed by atoms with E-state index in [4.69, 9.17) is 10.00 Å². The molecule has 1 heterocycles. The Morgan fingerprint density at radius 3 is 2.80 bits per heavy atom. The minimum Gasteiger partial charge on any atom is -0.500 e. The minimum atomic E-state index is -0.574. The van der Waals surface area contributed by atoms with Gasteiger partial charge in [0.15, 0.2) is 5.57 Å². The van der Waals surface area contributed by atoms with Crippen LogP contribution in [0.5, 0.6) is 0 Å². The third kappa shape index (κ3) is 3.96. The number of aryl methyl sites for hydroxylation is 1. The molecule has 0 fully saturated rings. The summed E-state index contributed by atoms with van der Waals surface area (Å²) in [6.07, 6.45) is 1.12. The van der Waals surface area contributed by atoms with E-state index >= 15 is 0 Å². The number of nitriles is 1. The number of hydrogen-bond donors (Lipinski definition) is 3. The molecule has 0 aliphatic rings. The monoisotopic (exact) mass is 344 g/mol. The standard InChI is InChI=1S/C17H20N4O4/c1-3-25-10-12(7-18)17(24)20-13-4-5-16-15(6-13)19-11(2)21(16)14(8-22)9-23/h4-6,10,14,22-23H,3,8-9H2,1-2H3,(H,20,24). The number of ether oxygens (including phenoxy) is 1. The van der Waals surface area contributed by atoms with Crippen molar-refractivity contribution in [1.82, 2.24) is 9.55 Å². The van der Waals surface area contributed by atoms with Crippen molar-refractivity contribution >= 4 is 22.6 Å². The fourth-order valence-electron chi connectivity index (χ4n) is 2.47. The number of hydrogen-bond acceptors (Lipinski definition) is 6. The molecule has 25 heavy (non-hydrogen) atoms. The molecular weight excluding hydrogens is 324 g/mol. The van der Waals surface area contributed by atoms with E-state index in [1.165, 1.54) is 0 Å². The molecule has 0 spiro atoms. The number of imidazole rings is 1. The number of nitrogens with zero attached hydrogens (tertiary/aromatic N) is 3. The summed E-state index contributed by atoms with van der Waals surface area (Å²) in [7, 11) is 0. The molecule has 8 heteroatoms. The van der Waals surface area contributed by atoms with Crippen LogP contribution >= 0.6 is 0 Å². The fraction of sp³-hybridized carbons (Fsp3) is 0.353. The van der Waals surface area contributed by atoms with Crippen molar-refractivity contribution in [3.63, 3.8) is 0 Å². The normalized spacial score (nSPS) is 11.6. The molecule has 0 unspecified atom stereocenters. The van der Waals surface area contributed by atoms with Crippen LogP contribution in [0.3, 0.4) is 0 Å². The number of benzene rings is 1. The molecule has 0 aliphatic carbocycles. The lowest BCUT2D eigenvalue weighted by Crippen LogP contribution is -2.18. The van der Waals surface area contributed by atoms with Gasteiger partial charge in [-0.3, -0.25) is 4.79 Å². The highest BCUT2D eigenvalue weighted by Gasteiger charge is 2.17. The first-order valence-electron chi connectivity index (χ1n) is 7.79. The molecule has 0 saturated heterocycles. The number of aliphatic hydroxyl groups excluding tert-OH is 2. The molecule has 0 saturated carbocycles. The van der Waals surface area contributed by atoms with Crippen molar-refractivity contribution < 1.29 is 19.7 Å². The van der Waals surface area contributed by atoms with E-state index in [-0.39, 0.29) is 18.8 Å². The second kappa shape index (κ2) is 8.28. The summed E-state index contributed by atoms with van der Waals surface area (Å²) >= 11 is 0. The van der Waals surface area contributed by atoms with Crippen molar-refractivity contribution in [1.29, 1.82) is 5.26 Å². The highest BCUT2D eigenvalue weighted by molar-refractivity contribution is 6.06. The topological polar surface area (TPSA) is 120 Å². The largest absolute Gasteiger partial charge is 0.500 e. The van der Waals surface area contributed by atoms with E-state index in [0.717, 1.165) is 11.8 Å². The first kappa shape index (κ1) is 18.4. The molecule has 0 radical (unpaired) electrons. The van der Waals surface area contributed by atoms with E-state index in [2.05, 4.69) is 10.3 Å². The summed E-state index contributed by atoms with van der Waals surface area (Å²) in [5.74, 6) is 0.0654. The lowest BCUT2D eigenvalue weighted by Gasteiger charge is -2.16. The van der Waals surface area contributed by atoms with Crippen molar-refractivity contribution in [2.75, 3.05) is 25.1 Å². The molecule has 2 aromatic rings. The van der Waals surface area contributed by atoms with Gasteiger partial charge in [-0.2, -0.15) is 5.26 Å². The van der Waals surface area contributed by atoms with Crippen molar-refractivity contribution in [2.45, 2.75) is 19.9 Å². The summed E-state index contributed by atoms with van der Waals surface area (Å²) in [4.78, 5) is 16.5. The van der Waals surface area contributed by atoms with Gasteiger partial charge < -0.3 is 24.8 Å². The van der Waals surface area contributed by atoms with Gasteiger partial charge in [0.2, 0.25) is 0 Å². The average Bonchev–Trinajstić information content (AvgIpc) is 2.92. The molecule has 0 aliphatic heterocycles. The fourth-order valence-corrected chi connectivity index (χ4v) is 2.47. The summed E-state index contributed by atoms with van der Waals surface area (Å²) in [6.45, 7) is 3.46. The molecule has 2 rings (SSSR count). The summed E-state index contributed by atoms with van der Waals surface area (Å²) < 4.78 is 6.72. The van der Waals surface area contributed by atoms with Crippen LogP contribution in [0.25, 0.3) is 11.0 Å². The van der Waals surface area contributed by atoms with Gasteiger partial charge in [0.1, 0.15) is 18.2 Å². The highest BCUT2D eigenvalue weighted by atomic mass is 16.5. The molecule has 1 aromatic heterocycles.